The van der Waals surface area contributed by atoms with Gasteiger partial charge in [0, 0.05) is 17.0 Å². The summed E-state index contributed by atoms with van der Waals surface area (Å²) < 4.78 is 16.1. The molecule has 1 heterocycles. The highest BCUT2D eigenvalue weighted by atomic mass is 16.5. The van der Waals surface area contributed by atoms with Crippen LogP contribution < -0.4 is 4.74 Å². The number of benzene rings is 1. The summed E-state index contributed by atoms with van der Waals surface area (Å²) in [6.07, 6.45) is 0. The molecule has 2 atom stereocenters. The zero-order chi connectivity index (χ0) is 23.9. The van der Waals surface area contributed by atoms with E-state index in [2.05, 4.69) is 47.6 Å². The van der Waals surface area contributed by atoms with Crippen LogP contribution in [0, 0.1) is 5.92 Å². The van der Waals surface area contributed by atoms with E-state index in [1.54, 1.807) is 6.92 Å². The Balaban J connectivity index is 3.01. The molecule has 1 aromatic carbocycles. The zero-order valence-corrected chi connectivity index (χ0v) is 20.3. The summed E-state index contributed by atoms with van der Waals surface area (Å²) in [5, 5.41) is 0. The van der Waals surface area contributed by atoms with Crippen LogP contribution in [0.5, 0.6) is 5.75 Å². The first-order valence-electron chi connectivity index (χ1n) is 10.4. The Morgan fingerprint density at radius 1 is 0.968 bits per heavy atom. The lowest BCUT2D eigenvalue weighted by atomic mass is 9.71. The Bertz CT molecular complexity index is 940. The number of carbonyl (C=O) groups is 3. The molecule has 0 bridgehead atoms. The molecule has 0 aliphatic carbocycles. The second-order valence-corrected chi connectivity index (χ2v) is 10.1. The van der Waals surface area contributed by atoms with Gasteiger partial charge in [0.05, 0.1) is 19.8 Å². The Morgan fingerprint density at radius 3 is 1.97 bits per heavy atom. The van der Waals surface area contributed by atoms with Gasteiger partial charge < -0.3 is 14.2 Å². The summed E-state index contributed by atoms with van der Waals surface area (Å²) in [7, 11) is 2.50. The number of rotatable bonds is 4. The molecule has 0 unspecified atom stereocenters. The molecule has 0 amide bonds. The molecule has 0 aromatic heterocycles. The molecule has 170 valence electrons. The van der Waals surface area contributed by atoms with Crippen molar-refractivity contribution in [2.75, 3.05) is 14.2 Å². The highest BCUT2D eigenvalue weighted by Gasteiger charge is 2.46. The van der Waals surface area contributed by atoms with Crippen molar-refractivity contribution in [2.24, 2.45) is 5.92 Å². The number of hydrogen-bond donors (Lipinski definition) is 0. The van der Waals surface area contributed by atoms with Crippen molar-refractivity contribution in [3.63, 3.8) is 0 Å². The largest absolute Gasteiger partial charge is 0.468 e. The topological polar surface area (TPSA) is 78.9 Å². The number of Topliss-reactive ketones (excluding diaryl/α,β-unsaturated/α-hetero) is 1. The average molecular weight is 431 g/mol. The number of allylic oxidation sites excluding steroid dienone is 1. The van der Waals surface area contributed by atoms with Crippen molar-refractivity contribution in [3.8, 4) is 5.75 Å². The molecule has 6 nitrogen and oxygen atoms in total. The van der Waals surface area contributed by atoms with Crippen LogP contribution >= 0.6 is 0 Å². The quantitative estimate of drug-likeness (QED) is 0.514. The van der Waals surface area contributed by atoms with E-state index in [1.165, 1.54) is 21.1 Å². The number of esters is 2. The molecule has 6 heteroatoms. The van der Waals surface area contributed by atoms with Gasteiger partial charge in [-0.15, -0.1) is 0 Å². The third-order valence-corrected chi connectivity index (χ3v) is 5.70. The molecule has 1 aliphatic heterocycles. The van der Waals surface area contributed by atoms with Crippen LogP contribution in [0.25, 0.3) is 0 Å². The van der Waals surface area contributed by atoms with Crippen LogP contribution in [0.1, 0.15) is 78.0 Å². The molecule has 1 aromatic rings. The lowest BCUT2D eigenvalue weighted by Crippen LogP contribution is -2.36. The number of ether oxygens (including phenoxy) is 3. The normalized spacial score (nSPS) is 17.4. The molecule has 2 rings (SSSR count). The van der Waals surface area contributed by atoms with Gasteiger partial charge in [0.25, 0.3) is 0 Å². The minimum atomic E-state index is -1.19. The van der Waals surface area contributed by atoms with Gasteiger partial charge in [0.1, 0.15) is 23.2 Å². The number of methoxy groups -OCH3 is 2. The first-order chi connectivity index (χ1) is 14.1. The predicted octanol–water partition coefficient (Wildman–Crippen LogP) is 4.58. The maximum Gasteiger partial charge on any atom is 0.337 e. The Hall–Kier alpha value is -2.63. The molecule has 0 N–H and O–H groups in total. The van der Waals surface area contributed by atoms with Crippen molar-refractivity contribution >= 4 is 17.7 Å². The van der Waals surface area contributed by atoms with Gasteiger partial charge >= 0.3 is 11.9 Å². The summed E-state index contributed by atoms with van der Waals surface area (Å²) in [5.74, 6) is -2.90. The van der Waals surface area contributed by atoms with Crippen LogP contribution in [0.15, 0.2) is 23.5 Å². The maximum absolute atomic E-state index is 12.8. The summed E-state index contributed by atoms with van der Waals surface area (Å²) in [5.41, 5.74) is 2.24. The highest BCUT2D eigenvalue weighted by molar-refractivity contribution is 6.02. The van der Waals surface area contributed by atoms with Gasteiger partial charge in [-0.1, -0.05) is 53.7 Å². The molecule has 0 fully saturated rings. The smallest absolute Gasteiger partial charge is 0.337 e. The number of carbonyl (C=O) groups excluding carboxylic acids is 3. The minimum Gasteiger partial charge on any atom is -0.468 e. The van der Waals surface area contributed by atoms with Gasteiger partial charge in [-0.25, -0.2) is 4.79 Å². The third kappa shape index (κ3) is 4.68. The second kappa shape index (κ2) is 8.48. The molecule has 0 radical (unpaired) electrons. The van der Waals surface area contributed by atoms with Crippen LogP contribution in [0.3, 0.4) is 0 Å². The van der Waals surface area contributed by atoms with Gasteiger partial charge in [-0.2, -0.15) is 0 Å². The monoisotopic (exact) mass is 430 g/mol. The van der Waals surface area contributed by atoms with E-state index in [0.29, 0.717) is 17.1 Å². The SMILES string of the molecule is COC(=O)C1=C(C)Oc2c(cc(C(C)(C)C)cc2C(C)(C)C)[C@@H]1[C@H](C(C)=O)C(=O)OC. The van der Waals surface area contributed by atoms with E-state index in [-0.39, 0.29) is 16.4 Å². The minimum absolute atomic E-state index is 0.159. The zero-order valence-electron chi connectivity index (χ0n) is 20.3. The Morgan fingerprint density at radius 2 is 1.55 bits per heavy atom. The van der Waals surface area contributed by atoms with Gasteiger partial charge in [0.15, 0.2) is 0 Å². The molecule has 1 aliphatic rings. The predicted molar refractivity (Wildman–Crippen MR) is 118 cm³/mol. The molecular formula is C25H34O6. The van der Waals surface area contributed by atoms with Gasteiger partial charge in [-0.3, -0.25) is 9.59 Å². The van der Waals surface area contributed by atoms with Crippen LogP contribution in [-0.2, 0) is 34.7 Å². The average Bonchev–Trinajstić information content (AvgIpc) is 2.64. The summed E-state index contributed by atoms with van der Waals surface area (Å²) >= 11 is 0. The second-order valence-electron chi connectivity index (χ2n) is 10.1. The van der Waals surface area contributed by atoms with E-state index in [4.69, 9.17) is 14.2 Å². The standard InChI is InChI=1S/C25H34O6/c1-13(26)18(22(27)29-9)20-16-11-15(24(3,4)5)12-17(25(6,7)8)21(16)31-14(2)19(20)23(28)30-10/h11-12,18,20H,1-10H3/t18-,20+/m0/s1. The first kappa shape index (κ1) is 24.6. The van der Waals surface area contributed by atoms with Crippen LogP contribution in [0.2, 0.25) is 0 Å². The third-order valence-electron chi connectivity index (χ3n) is 5.70. The summed E-state index contributed by atoms with van der Waals surface area (Å²) in [4.78, 5) is 38.2. The lowest BCUT2D eigenvalue weighted by molar-refractivity contribution is -0.149. The number of ketones is 1. The van der Waals surface area contributed by atoms with Crippen LogP contribution in [-0.4, -0.2) is 31.9 Å². The van der Waals surface area contributed by atoms with Crippen molar-refractivity contribution in [1.82, 2.24) is 0 Å². The van der Waals surface area contributed by atoms with Crippen molar-refractivity contribution < 1.29 is 28.6 Å². The fourth-order valence-electron chi connectivity index (χ4n) is 3.96. The van der Waals surface area contributed by atoms with E-state index >= 15 is 0 Å². The fraction of sp³-hybridized carbons (Fsp3) is 0.560. The fourth-order valence-corrected chi connectivity index (χ4v) is 3.96. The Kier molecular flexibility index (Phi) is 6.74. The van der Waals surface area contributed by atoms with E-state index < -0.39 is 29.6 Å². The maximum atomic E-state index is 12.8. The van der Waals surface area contributed by atoms with Crippen molar-refractivity contribution in [3.05, 3.63) is 40.2 Å². The van der Waals surface area contributed by atoms with Crippen molar-refractivity contribution in [2.45, 2.75) is 72.1 Å². The van der Waals surface area contributed by atoms with Gasteiger partial charge in [-0.05, 0) is 30.2 Å². The van der Waals surface area contributed by atoms with Crippen LogP contribution in [0.4, 0.5) is 0 Å². The molecule has 31 heavy (non-hydrogen) atoms. The lowest BCUT2D eigenvalue weighted by Gasteiger charge is -2.36. The molecule has 0 spiro atoms. The Labute approximate surface area is 184 Å². The van der Waals surface area contributed by atoms with E-state index in [1.807, 2.05) is 6.07 Å². The number of fused-ring (bicyclic) bond motifs is 1. The summed E-state index contributed by atoms with van der Waals surface area (Å²) in [6.45, 7) is 15.5. The number of hydrogen-bond acceptors (Lipinski definition) is 6. The van der Waals surface area contributed by atoms with Crippen molar-refractivity contribution in [1.29, 1.82) is 0 Å². The van der Waals surface area contributed by atoms with E-state index in [9.17, 15) is 14.4 Å². The first-order valence-corrected chi connectivity index (χ1v) is 10.4. The highest BCUT2D eigenvalue weighted by Crippen LogP contribution is 2.50. The molecule has 0 saturated heterocycles. The van der Waals surface area contributed by atoms with E-state index in [0.717, 1.165) is 11.1 Å². The molecule has 0 saturated carbocycles. The van der Waals surface area contributed by atoms with Gasteiger partial charge in [0.2, 0.25) is 0 Å². The molecular weight excluding hydrogens is 396 g/mol. The summed E-state index contributed by atoms with van der Waals surface area (Å²) in [6, 6.07) is 4.04.